The lowest BCUT2D eigenvalue weighted by Crippen LogP contribution is -2.33. The maximum Gasteiger partial charge on any atom is 0.344 e. The fourth-order valence-corrected chi connectivity index (χ4v) is 3.22. The molecule has 0 spiro atoms. The second kappa shape index (κ2) is 4.02. The zero-order valence-corrected chi connectivity index (χ0v) is 10.8. The van der Waals surface area contributed by atoms with Gasteiger partial charge < -0.3 is 0 Å². The van der Waals surface area contributed by atoms with Crippen LogP contribution in [-0.2, 0) is 10.2 Å². The van der Waals surface area contributed by atoms with Crippen molar-refractivity contribution in [1.82, 2.24) is 4.31 Å². The van der Waals surface area contributed by atoms with Crippen molar-refractivity contribution < 1.29 is 8.42 Å². The number of hydrogen-bond donors (Lipinski definition) is 0. The van der Waals surface area contributed by atoms with Crippen LogP contribution < -0.4 is 0 Å². The highest BCUT2D eigenvalue weighted by Gasteiger charge is 2.27. The summed E-state index contributed by atoms with van der Waals surface area (Å²) in [6.45, 7) is 5.85. The Kier molecular flexibility index (Phi) is 3.36. The summed E-state index contributed by atoms with van der Waals surface area (Å²) in [5.41, 5.74) is 1.22. The number of halogens is 1. The zero-order valence-electron chi connectivity index (χ0n) is 8.41. The van der Waals surface area contributed by atoms with Gasteiger partial charge in [0.15, 0.2) is 0 Å². The predicted molar refractivity (Wildman–Crippen MR) is 60.7 cm³/mol. The van der Waals surface area contributed by atoms with Crippen LogP contribution >= 0.6 is 15.9 Å². The maximum atomic E-state index is 11.6. The standard InChI is InChI=1S/C8H13BrN2O2S/c1-4-5-11-7(3)8(9)6(2)10-14(11,12)13/h4-5H2,1-3H3. The van der Waals surface area contributed by atoms with Crippen LogP contribution in [0.3, 0.4) is 0 Å². The van der Waals surface area contributed by atoms with Crippen LogP contribution in [-0.4, -0.2) is 25.0 Å². The molecule has 1 heterocycles. The third kappa shape index (κ3) is 2.00. The van der Waals surface area contributed by atoms with E-state index in [2.05, 4.69) is 20.3 Å². The Labute approximate surface area is 93.0 Å². The van der Waals surface area contributed by atoms with Gasteiger partial charge >= 0.3 is 10.2 Å². The van der Waals surface area contributed by atoms with Crippen LogP contribution in [0.25, 0.3) is 0 Å². The molecule has 1 rings (SSSR count). The molecule has 0 aliphatic carbocycles. The van der Waals surface area contributed by atoms with Gasteiger partial charge in [-0.1, -0.05) is 6.92 Å². The highest BCUT2D eigenvalue weighted by Crippen LogP contribution is 2.26. The first-order valence-electron chi connectivity index (χ1n) is 4.36. The summed E-state index contributed by atoms with van der Waals surface area (Å²) in [7, 11) is -3.48. The third-order valence-corrected chi connectivity index (χ3v) is 4.63. The minimum atomic E-state index is -3.48. The Bertz CT molecular complexity index is 398. The van der Waals surface area contributed by atoms with E-state index in [0.717, 1.165) is 10.9 Å². The van der Waals surface area contributed by atoms with Crippen LogP contribution in [0.2, 0.25) is 0 Å². The van der Waals surface area contributed by atoms with Crippen molar-refractivity contribution in [1.29, 1.82) is 0 Å². The molecule has 0 bridgehead atoms. The third-order valence-electron chi connectivity index (χ3n) is 1.97. The molecule has 0 radical (unpaired) electrons. The fourth-order valence-electron chi connectivity index (χ4n) is 1.29. The molecule has 1 aliphatic heterocycles. The monoisotopic (exact) mass is 280 g/mol. The molecule has 0 aromatic rings. The van der Waals surface area contributed by atoms with Gasteiger partial charge in [0.25, 0.3) is 0 Å². The first-order chi connectivity index (χ1) is 6.40. The second-order valence-corrected chi connectivity index (χ2v) is 5.44. The second-order valence-electron chi connectivity index (χ2n) is 3.13. The van der Waals surface area contributed by atoms with Gasteiger partial charge in [-0.05, 0) is 36.2 Å². The van der Waals surface area contributed by atoms with E-state index >= 15 is 0 Å². The Morgan fingerprint density at radius 3 is 2.50 bits per heavy atom. The van der Waals surface area contributed by atoms with Crippen molar-refractivity contribution in [3.8, 4) is 0 Å². The number of rotatable bonds is 2. The summed E-state index contributed by atoms with van der Waals surface area (Å²) >= 11 is 3.32. The molecular formula is C8H13BrN2O2S. The van der Waals surface area contributed by atoms with Gasteiger partial charge in [0.2, 0.25) is 0 Å². The summed E-state index contributed by atoms with van der Waals surface area (Å²) in [5.74, 6) is 0. The molecule has 0 aromatic heterocycles. The zero-order chi connectivity index (χ0) is 10.9. The van der Waals surface area contributed by atoms with Gasteiger partial charge in [-0.2, -0.15) is 8.42 Å². The average molecular weight is 281 g/mol. The topological polar surface area (TPSA) is 49.7 Å². The van der Waals surface area contributed by atoms with Crippen LogP contribution in [0.5, 0.6) is 0 Å². The normalized spacial score (nSPS) is 21.1. The minimum absolute atomic E-state index is 0.472. The summed E-state index contributed by atoms with van der Waals surface area (Å²) < 4.78 is 29.0. The lowest BCUT2D eigenvalue weighted by molar-refractivity contribution is 0.473. The van der Waals surface area contributed by atoms with E-state index in [1.54, 1.807) is 13.8 Å². The smallest absolute Gasteiger partial charge is 0.255 e. The van der Waals surface area contributed by atoms with Crippen LogP contribution in [0.15, 0.2) is 14.6 Å². The average Bonchev–Trinajstić information content (AvgIpc) is 2.08. The van der Waals surface area contributed by atoms with Gasteiger partial charge in [0, 0.05) is 12.2 Å². The van der Waals surface area contributed by atoms with Crippen LogP contribution in [0.1, 0.15) is 27.2 Å². The van der Waals surface area contributed by atoms with Gasteiger partial charge in [-0.15, -0.1) is 4.40 Å². The number of allylic oxidation sites excluding steroid dienone is 2. The van der Waals surface area contributed by atoms with E-state index in [9.17, 15) is 8.42 Å². The van der Waals surface area contributed by atoms with E-state index in [-0.39, 0.29) is 0 Å². The molecule has 80 valence electrons. The highest BCUT2D eigenvalue weighted by molar-refractivity contribution is 9.12. The molecule has 6 heteroatoms. The first-order valence-corrected chi connectivity index (χ1v) is 6.55. The van der Waals surface area contributed by atoms with E-state index in [4.69, 9.17) is 0 Å². The van der Waals surface area contributed by atoms with E-state index in [1.807, 2.05) is 6.92 Å². The maximum absolute atomic E-state index is 11.6. The summed E-state index contributed by atoms with van der Waals surface area (Å²) in [4.78, 5) is 0. The molecule has 0 unspecified atom stereocenters. The molecular weight excluding hydrogens is 268 g/mol. The van der Waals surface area contributed by atoms with Gasteiger partial charge in [-0.25, -0.2) is 0 Å². The van der Waals surface area contributed by atoms with Gasteiger partial charge in [0.05, 0.1) is 10.2 Å². The summed E-state index contributed by atoms with van der Waals surface area (Å²) in [6.07, 6.45) is 0.769. The molecule has 0 atom stereocenters. The quantitative estimate of drug-likeness (QED) is 0.777. The van der Waals surface area contributed by atoms with Gasteiger partial charge in [0.1, 0.15) is 0 Å². The SMILES string of the molecule is CCCN1C(C)=C(Br)C(C)=NS1(=O)=O. The van der Waals surface area contributed by atoms with Gasteiger partial charge in [-0.3, -0.25) is 4.31 Å². The molecule has 0 saturated heterocycles. The fraction of sp³-hybridized carbons (Fsp3) is 0.625. The summed E-state index contributed by atoms with van der Waals surface area (Å²) in [6, 6.07) is 0. The lowest BCUT2D eigenvalue weighted by Gasteiger charge is -2.26. The summed E-state index contributed by atoms with van der Waals surface area (Å²) in [5, 5.41) is 0. The number of hydrogen-bond acceptors (Lipinski definition) is 2. The molecule has 14 heavy (non-hydrogen) atoms. The Morgan fingerprint density at radius 2 is 2.00 bits per heavy atom. The molecule has 0 fully saturated rings. The van der Waals surface area contributed by atoms with Crippen molar-refractivity contribution in [3.05, 3.63) is 10.2 Å². The van der Waals surface area contributed by atoms with Crippen molar-refractivity contribution in [2.45, 2.75) is 27.2 Å². The largest absolute Gasteiger partial charge is 0.344 e. The van der Waals surface area contributed by atoms with E-state index < -0.39 is 10.2 Å². The predicted octanol–water partition coefficient (Wildman–Crippen LogP) is 2.04. The lowest BCUT2D eigenvalue weighted by atomic mass is 10.3. The Balaban J connectivity index is 3.20. The molecule has 4 nitrogen and oxygen atoms in total. The van der Waals surface area contributed by atoms with E-state index in [1.165, 1.54) is 4.31 Å². The minimum Gasteiger partial charge on any atom is -0.255 e. The van der Waals surface area contributed by atoms with Crippen molar-refractivity contribution >= 4 is 31.9 Å². The van der Waals surface area contributed by atoms with Crippen molar-refractivity contribution in [3.63, 3.8) is 0 Å². The Morgan fingerprint density at radius 1 is 1.43 bits per heavy atom. The molecule has 0 saturated carbocycles. The van der Waals surface area contributed by atoms with E-state index in [0.29, 0.717) is 18.0 Å². The van der Waals surface area contributed by atoms with Crippen LogP contribution in [0, 0.1) is 0 Å². The van der Waals surface area contributed by atoms with Crippen LogP contribution in [0.4, 0.5) is 0 Å². The molecule has 0 N–H and O–H groups in total. The van der Waals surface area contributed by atoms with Crippen molar-refractivity contribution in [2.24, 2.45) is 4.40 Å². The molecule has 0 aromatic carbocycles. The first kappa shape index (κ1) is 11.7. The Hall–Kier alpha value is -0.360. The molecule has 0 amide bonds. The van der Waals surface area contributed by atoms with Crippen molar-refractivity contribution in [2.75, 3.05) is 6.54 Å². The molecule has 1 aliphatic rings. The number of nitrogens with zero attached hydrogens (tertiary/aromatic N) is 2. The highest BCUT2D eigenvalue weighted by atomic mass is 79.9.